The second-order valence-electron chi connectivity index (χ2n) is 4.34. The lowest BCUT2D eigenvalue weighted by Gasteiger charge is -2.23. The lowest BCUT2D eigenvalue weighted by atomic mass is 10.0. The zero-order chi connectivity index (χ0) is 12.1. The smallest absolute Gasteiger partial charge is 0.101 e. The maximum absolute atomic E-state index is 9.05. The van der Waals surface area contributed by atoms with Crippen molar-refractivity contribution in [2.75, 3.05) is 11.9 Å². The molecule has 1 aromatic carbocycles. The highest BCUT2D eigenvalue weighted by atomic mass is 14.9. The summed E-state index contributed by atoms with van der Waals surface area (Å²) in [6.45, 7) is 6.80. The van der Waals surface area contributed by atoms with Gasteiger partial charge in [-0.05, 0) is 24.5 Å². The van der Waals surface area contributed by atoms with E-state index in [1.807, 2.05) is 25.1 Å². The van der Waals surface area contributed by atoms with Crippen LogP contribution in [0, 0.1) is 24.2 Å². The number of nitrogens with one attached hydrogen (secondary N) is 1. The Bertz CT molecular complexity index is 391. The molecule has 0 heterocycles. The van der Waals surface area contributed by atoms with Crippen molar-refractivity contribution >= 4 is 5.69 Å². The molecule has 0 spiro atoms. The van der Waals surface area contributed by atoms with E-state index in [9.17, 15) is 0 Å². The Morgan fingerprint density at radius 1 is 1.44 bits per heavy atom. The van der Waals surface area contributed by atoms with Crippen LogP contribution in [0.1, 0.15) is 25.0 Å². The molecule has 0 fully saturated rings. The van der Waals surface area contributed by atoms with E-state index in [0.29, 0.717) is 18.0 Å². The molecule has 0 aliphatic heterocycles. The van der Waals surface area contributed by atoms with E-state index in [1.54, 1.807) is 0 Å². The van der Waals surface area contributed by atoms with Crippen molar-refractivity contribution in [1.29, 1.82) is 5.26 Å². The molecule has 0 saturated carbocycles. The average molecular weight is 217 g/mol. The summed E-state index contributed by atoms with van der Waals surface area (Å²) in [4.78, 5) is 0. The molecule has 86 valence electrons. The minimum Gasteiger partial charge on any atom is -0.379 e. The van der Waals surface area contributed by atoms with Crippen molar-refractivity contribution in [1.82, 2.24) is 0 Å². The van der Waals surface area contributed by atoms with Crippen LogP contribution >= 0.6 is 0 Å². The van der Waals surface area contributed by atoms with Gasteiger partial charge < -0.3 is 11.1 Å². The molecule has 1 unspecified atom stereocenters. The molecule has 1 aromatic rings. The van der Waals surface area contributed by atoms with Gasteiger partial charge in [0, 0.05) is 12.6 Å². The van der Waals surface area contributed by atoms with Gasteiger partial charge in [0.25, 0.3) is 0 Å². The largest absolute Gasteiger partial charge is 0.379 e. The van der Waals surface area contributed by atoms with Gasteiger partial charge in [0.15, 0.2) is 0 Å². The molecule has 3 nitrogen and oxygen atoms in total. The third-order valence-electron chi connectivity index (χ3n) is 2.78. The molecule has 0 radical (unpaired) electrons. The first kappa shape index (κ1) is 12.5. The van der Waals surface area contributed by atoms with Crippen LogP contribution in [-0.4, -0.2) is 12.6 Å². The summed E-state index contributed by atoms with van der Waals surface area (Å²) in [7, 11) is 0. The quantitative estimate of drug-likeness (QED) is 0.813. The minimum absolute atomic E-state index is 0.202. The molecular weight excluding hydrogens is 198 g/mol. The molecule has 3 heteroatoms. The summed E-state index contributed by atoms with van der Waals surface area (Å²) in [5, 5.41) is 12.4. The van der Waals surface area contributed by atoms with E-state index in [2.05, 4.69) is 25.2 Å². The Labute approximate surface area is 97.3 Å². The number of benzene rings is 1. The molecule has 3 N–H and O–H groups in total. The monoisotopic (exact) mass is 217 g/mol. The molecule has 0 bridgehead atoms. The predicted molar refractivity (Wildman–Crippen MR) is 67.2 cm³/mol. The summed E-state index contributed by atoms with van der Waals surface area (Å²) in [6.07, 6.45) is 0. The van der Waals surface area contributed by atoms with Crippen LogP contribution in [0.3, 0.4) is 0 Å². The Hall–Kier alpha value is -1.53. The summed E-state index contributed by atoms with van der Waals surface area (Å²) >= 11 is 0. The highest BCUT2D eigenvalue weighted by Crippen LogP contribution is 2.21. The SMILES string of the molecule is Cc1cccc(C#N)c1NC(CN)C(C)C. The lowest BCUT2D eigenvalue weighted by molar-refractivity contribution is 0.531. The van der Waals surface area contributed by atoms with Gasteiger partial charge in [-0.25, -0.2) is 0 Å². The number of para-hydroxylation sites is 1. The Balaban J connectivity index is 3.00. The van der Waals surface area contributed by atoms with Gasteiger partial charge in [0.1, 0.15) is 6.07 Å². The number of hydrogen-bond donors (Lipinski definition) is 2. The zero-order valence-electron chi connectivity index (χ0n) is 10.1. The number of rotatable bonds is 4. The molecule has 0 aromatic heterocycles. The Kier molecular flexibility index (Phi) is 4.33. The van der Waals surface area contributed by atoms with Crippen LogP contribution in [-0.2, 0) is 0 Å². The Morgan fingerprint density at radius 3 is 2.62 bits per heavy atom. The lowest BCUT2D eigenvalue weighted by Crippen LogP contribution is -2.34. The normalized spacial score (nSPS) is 12.2. The number of nitrogens with zero attached hydrogens (tertiary/aromatic N) is 1. The first-order chi connectivity index (χ1) is 7.60. The minimum atomic E-state index is 0.202. The van der Waals surface area contributed by atoms with Gasteiger partial charge in [-0.2, -0.15) is 5.26 Å². The van der Waals surface area contributed by atoms with Crippen LogP contribution in [0.2, 0.25) is 0 Å². The van der Waals surface area contributed by atoms with E-state index >= 15 is 0 Å². The second-order valence-corrected chi connectivity index (χ2v) is 4.34. The molecule has 1 atom stereocenters. The van der Waals surface area contributed by atoms with Crippen molar-refractivity contribution in [3.63, 3.8) is 0 Å². The zero-order valence-corrected chi connectivity index (χ0v) is 10.1. The molecule has 0 saturated heterocycles. The molecule has 1 rings (SSSR count). The van der Waals surface area contributed by atoms with Crippen LogP contribution in [0.5, 0.6) is 0 Å². The second kappa shape index (κ2) is 5.53. The standard InChI is InChI=1S/C13H19N3/c1-9(2)12(8-15)16-13-10(3)5-4-6-11(13)7-14/h4-6,9,12,16H,8,15H2,1-3H3. The van der Waals surface area contributed by atoms with Gasteiger partial charge in [0.2, 0.25) is 0 Å². The summed E-state index contributed by atoms with van der Waals surface area (Å²) in [6, 6.07) is 8.12. The average Bonchev–Trinajstić information content (AvgIpc) is 2.26. The summed E-state index contributed by atoms with van der Waals surface area (Å²) in [5.74, 6) is 0.441. The predicted octanol–water partition coefficient (Wildman–Crippen LogP) is 2.26. The number of hydrogen-bond acceptors (Lipinski definition) is 3. The van der Waals surface area contributed by atoms with Gasteiger partial charge in [-0.3, -0.25) is 0 Å². The number of aryl methyl sites for hydroxylation is 1. The highest BCUT2D eigenvalue weighted by molar-refractivity contribution is 5.62. The van der Waals surface area contributed by atoms with E-state index < -0.39 is 0 Å². The van der Waals surface area contributed by atoms with E-state index in [1.165, 1.54) is 0 Å². The third-order valence-corrected chi connectivity index (χ3v) is 2.78. The fourth-order valence-corrected chi connectivity index (χ4v) is 1.64. The molecule has 0 aliphatic carbocycles. The maximum Gasteiger partial charge on any atom is 0.101 e. The van der Waals surface area contributed by atoms with Gasteiger partial charge in [0.05, 0.1) is 11.3 Å². The first-order valence-electron chi connectivity index (χ1n) is 5.56. The topological polar surface area (TPSA) is 61.8 Å². The van der Waals surface area contributed by atoms with Crippen molar-refractivity contribution in [2.45, 2.75) is 26.8 Å². The van der Waals surface area contributed by atoms with Gasteiger partial charge in [-0.15, -0.1) is 0 Å². The summed E-state index contributed by atoms with van der Waals surface area (Å²) < 4.78 is 0. The van der Waals surface area contributed by atoms with E-state index in [-0.39, 0.29) is 6.04 Å². The number of nitrogens with two attached hydrogens (primary N) is 1. The molecule has 0 aliphatic rings. The highest BCUT2D eigenvalue weighted by Gasteiger charge is 2.14. The maximum atomic E-state index is 9.05. The summed E-state index contributed by atoms with van der Waals surface area (Å²) in [5.41, 5.74) is 8.39. The van der Waals surface area contributed by atoms with Crippen molar-refractivity contribution in [2.24, 2.45) is 11.7 Å². The van der Waals surface area contributed by atoms with E-state index in [4.69, 9.17) is 11.0 Å². The third kappa shape index (κ3) is 2.74. The van der Waals surface area contributed by atoms with Crippen molar-refractivity contribution in [3.05, 3.63) is 29.3 Å². The van der Waals surface area contributed by atoms with Gasteiger partial charge >= 0.3 is 0 Å². The molecular formula is C13H19N3. The first-order valence-corrected chi connectivity index (χ1v) is 5.56. The fourth-order valence-electron chi connectivity index (χ4n) is 1.64. The number of anilines is 1. The van der Waals surface area contributed by atoms with Crippen LogP contribution in [0.25, 0.3) is 0 Å². The van der Waals surface area contributed by atoms with Crippen molar-refractivity contribution < 1.29 is 0 Å². The number of nitriles is 1. The van der Waals surface area contributed by atoms with E-state index in [0.717, 1.165) is 11.3 Å². The van der Waals surface area contributed by atoms with Crippen LogP contribution in [0.15, 0.2) is 18.2 Å². The van der Waals surface area contributed by atoms with Crippen LogP contribution in [0.4, 0.5) is 5.69 Å². The molecule has 16 heavy (non-hydrogen) atoms. The Morgan fingerprint density at radius 2 is 2.12 bits per heavy atom. The molecule has 0 amide bonds. The van der Waals surface area contributed by atoms with Crippen LogP contribution < -0.4 is 11.1 Å². The van der Waals surface area contributed by atoms with Crippen molar-refractivity contribution in [3.8, 4) is 6.07 Å². The fraction of sp³-hybridized carbons (Fsp3) is 0.462. The van der Waals surface area contributed by atoms with Gasteiger partial charge in [-0.1, -0.05) is 26.0 Å².